The van der Waals surface area contributed by atoms with Crippen molar-refractivity contribution in [1.82, 2.24) is 0 Å². The maximum atomic E-state index is 13.7. The number of Topliss-reactive ketones (excluding diaryl/α,β-unsaturated/α-hetero) is 1. The number of benzene rings is 1. The lowest BCUT2D eigenvalue weighted by atomic mass is 10.0. The molecule has 0 aromatic heterocycles. The number of halogens is 5. The topological polar surface area (TPSA) is 95.7 Å². The number of carbonyl (C=O) groups excluding carboxylic acids is 2. The SMILES string of the molecule is CCOC(=O)C(F)C(=O)c1cc(OC(F)F)c(F)c(F)c1[N+](=O)[O-]. The van der Waals surface area contributed by atoms with Crippen LogP contribution in [-0.4, -0.2) is 36.1 Å². The van der Waals surface area contributed by atoms with Gasteiger partial charge in [0.1, 0.15) is 5.56 Å². The van der Waals surface area contributed by atoms with Crippen molar-refractivity contribution in [1.29, 1.82) is 0 Å². The number of alkyl halides is 3. The fourth-order valence-electron chi connectivity index (χ4n) is 1.60. The Morgan fingerprint density at radius 2 is 1.83 bits per heavy atom. The van der Waals surface area contributed by atoms with Crippen LogP contribution >= 0.6 is 0 Å². The Kier molecular flexibility index (Phi) is 6.14. The van der Waals surface area contributed by atoms with Crippen LogP contribution in [0.15, 0.2) is 6.07 Å². The van der Waals surface area contributed by atoms with Crippen LogP contribution in [0.4, 0.5) is 27.6 Å². The fraction of sp³-hybridized carbons (Fsp3) is 0.333. The minimum atomic E-state index is -3.66. The number of ether oxygens (including phenoxy) is 2. The molecule has 0 aliphatic heterocycles. The van der Waals surface area contributed by atoms with Crippen LogP contribution < -0.4 is 4.74 Å². The maximum Gasteiger partial charge on any atom is 0.387 e. The molecule has 0 saturated heterocycles. The van der Waals surface area contributed by atoms with Crippen molar-refractivity contribution in [2.45, 2.75) is 19.7 Å². The van der Waals surface area contributed by atoms with E-state index in [1.807, 2.05) is 0 Å². The van der Waals surface area contributed by atoms with E-state index < -0.39 is 58.1 Å². The Labute approximate surface area is 130 Å². The van der Waals surface area contributed by atoms with E-state index in [-0.39, 0.29) is 12.7 Å². The van der Waals surface area contributed by atoms with E-state index in [9.17, 15) is 41.7 Å². The summed E-state index contributed by atoms with van der Waals surface area (Å²) < 4.78 is 72.8. The van der Waals surface area contributed by atoms with E-state index in [2.05, 4.69) is 9.47 Å². The summed E-state index contributed by atoms with van der Waals surface area (Å²) in [6, 6.07) is 0.0108. The van der Waals surface area contributed by atoms with Gasteiger partial charge in [-0.2, -0.15) is 17.6 Å². The molecule has 0 spiro atoms. The van der Waals surface area contributed by atoms with Gasteiger partial charge in [0.15, 0.2) is 5.75 Å². The molecule has 7 nitrogen and oxygen atoms in total. The lowest BCUT2D eigenvalue weighted by Crippen LogP contribution is -2.29. The molecule has 1 rings (SSSR count). The normalized spacial score (nSPS) is 12.0. The van der Waals surface area contributed by atoms with Crippen LogP contribution in [0.3, 0.4) is 0 Å². The molecule has 0 aliphatic rings. The number of nitrogens with zero attached hydrogens (tertiary/aromatic N) is 1. The number of nitro benzene ring substituents is 1. The van der Waals surface area contributed by atoms with E-state index in [1.54, 1.807) is 0 Å². The number of rotatable bonds is 7. The highest BCUT2D eigenvalue weighted by Gasteiger charge is 2.38. The van der Waals surface area contributed by atoms with Crippen LogP contribution in [0.1, 0.15) is 17.3 Å². The van der Waals surface area contributed by atoms with Crippen molar-refractivity contribution in [3.05, 3.63) is 33.4 Å². The van der Waals surface area contributed by atoms with Gasteiger partial charge in [0.25, 0.3) is 6.17 Å². The van der Waals surface area contributed by atoms with Crippen LogP contribution in [-0.2, 0) is 9.53 Å². The second kappa shape index (κ2) is 7.66. The summed E-state index contributed by atoms with van der Waals surface area (Å²) in [6.07, 6.45) is -3.10. The predicted molar refractivity (Wildman–Crippen MR) is 65.5 cm³/mol. The van der Waals surface area contributed by atoms with Crippen molar-refractivity contribution < 1.29 is 45.9 Å². The summed E-state index contributed by atoms with van der Waals surface area (Å²) in [5, 5.41) is 10.8. The van der Waals surface area contributed by atoms with E-state index in [0.29, 0.717) is 0 Å². The third kappa shape index (κ3) is 3.94. The van der Waals surface area contributed by atoms with Crippen LogP contribution in [0, 0.1) is 21.7 Å². The molecule has 0 N–H and O–H groups in total. The highest BCUT2D eigenvalue weighted by atomic mass is 19.3. The molecule has 132 valence electrons. The summed E-state index contributed by atoms with van der Waals surface area (Å²) >= 11 is 0. The van der Waals surface area contributed by atoms with E-state index in [4.69, 9.17) is 0 Å². The molecule has 0 radical (unpaired) electrons. The number of hydrogen-bond acceptors (Lipinski definition) is 6. The van der Waals surface area contributed by atoms with Gasteiger partial charge in [-0.25, -0.2) is 9.18 Å². The zero-order valence-corrected chi connectivity index (χ0v) is 11.7. The minimum Gasteiger partial charge on any atom is -0.463 e. The fourth-order valence-corrected chi connectivity index (χ4v) is 1.60. The Hall–Kier alpha value is -2.79. The molecule has 24 heavy (non-hydrogen) atoms. The van der Waals surface area contributed by atoms with Gasteiger partial charge in [-0.15, -0.1) is 0 Å². The molecule has 1 aromatic rings. The third-order valence-electron chi connectivity index (χ3n) is 2.54. The van der Waals surface area contributed by atoms with Crippen molar-refractivity contribution in [3.8, 4) is 5.75 Å². The van der Waals surface area contributed by atoms with Gasteiger partial charge in [0, 0.05) is 6.07 Å². The first-order valence-electron chi connectivity index (χ1n) is 6.07. The van der Waals surface area contributed by atoms with Crippen LogP contribution in [0.5, 0.6) is 5.75 Å². The van der Waals surface area contributed by atoms with Crippen molar-refractivity contribution in [2.24, 2.45) is 0 Å². The average Bonchev–Trinajstić information content (AvgIpc) is 2.49. The maximum absolute atomic E-state index is 13.7. The largest absolute Gasteiger partial charge is 0.463 e. The van der Waals surface area contributed by atoms with Crippen LogP contribution in [0.2, 0.25) is 0 Å². The van der Waals surface area contributed by atoms with Gasteiger partial charge in [-0.05, 0) is 6.92 Å². The molecule has 12 heteroatoms. The number of carbonyl (C=O) groups is 2. The van der Waals surface area contributed by atoms with E-state index in [1.165, 1.54) is 6.92 Å². The molecule has 1 atom stereocenters. The monoisotopic (exact) mass is 357 g/mol. The highest BCUT2D eigenvalue weighted by molar-refractivity contribution is 6.13. The van der Waals surface area contributed by atoms with Crippen molar-refractivity contribution in [2.75, 3.05) is 6.61 Å². The molecule has 0 aliphatic carbocycles. The second-order valence-corrected chi connectivity index (χ2v) is 4.01. The van der Waals surface area contributed by atoms with Gasteiger partial charge in [0.05, 0.1) is 11.5 Å². The molecule has 1 aromatic carbocycles. The number of nitro groups is 1. The lowest BCUT2D eigenvalue weighted by Gasteiger charge is -2.11. The Bertz CT molecular complexity index is 680. The summed E-state index contributed by atoms with van der Waals surface area (Å²) in [4.78, 5) is 32.1. The molecule has 0 bridgehead atoms. The first-order valence-corrected chi connectivity index (χ1v) is 6.07. The van der Waals surface area contributed by atoms with Gasteiger partial charge >= 0.3 is 18.3 Å². The summed E-state index contributed by atoms with van der Waals surface area (Å²) in [6.45, 7) is -2.73. The second-order valence-electron chi connectivity index (χ2n) is 4.01. The average molecular weight is 357 g/mol. The third-order valence-corrected chi connectivity index (χ3v) is 2.54. The molecular weight excluding hydrogens is 349 g/mol. The zero-order valence-electron chi connectivity index (χ0n) is 11.7. The summed E-state index contributed by atoms with van der Waals surface area (Å²) in [7, 11) is 0. The highest BCUT2D eigenvalue weighted by Crippen LogP contribution is 2.33. The number of ketones is 1. The number of esters is 1. The Morgan fingerprint density at radius 3 is 2.29 bits per heavy atom. The quantitative estimate of drug-likeness (QED) is 0.186. The van der Waals surface area contributed by atoms with Crippen molar-refractivity contribution in [3.63, 3.8) is 0 Å². The van der Waals surface area contributed by atoms with E-state index >= 15 is 0 Å². The van der Waals surface area contributed by atoms with Gasteiger partial charge in [-0.1, -0.05) is 0 Å². The molecule has 1 unspecified atom stereocenters. The first-order chi connectivity index (χ1) is 11.1. The smallest absolute Gasteiger partial charge is 0.387 e. The summed E-state index contributed by atoms with van der Waals surface area (Å²) in [5.41, 5.74) is -3.29. The van der Waals surface area contributed by atoms with Gasteiger partial charge in [0.2, 0.25) is 17.4 Å². The van der Waals surface area contributed by atoms with Gasteiger partial charge < -0.3 is 9.47 Å². The van der Waals surface area contributed by atoms with E-state index in [0.717, 1.165) is 0 Å². The van der Waals surface area contributed by atoms with Gasteiger partial charge in [-0.3, -0.25) is 14.9 Å². The Morgan fingerprint density at radius 1 is 1.25 bits per heavy atom. The predicted octanol–water partition coefficient (Wildman–Crippen LogP) is 2.56. The number of hydrogen-bond donors (Lipinski definition) is 0. The summed E-state index contributed by atoms with van der Waals surface area (Å²) in [5.74, 6) is -9.77. The molecule has 0 amide bonds. The zero-order chi connectivity index (χ0) is 18.6. The van der Waals surface area contributed by atoms with Crippen molar-refractivity contribution >= 4 is 17.4 Å². The molecule has 0 fully saturated rings. The van der Waals surface area contributed by atoms with Crippen LogP contribution in [0.25, 0.3) is 0 Å². The molecule has 0 heterocycles. The molecular formula is C12H8F5NO6. The molecule has 0 saturated carbocycles. The first kappa shape index (κ1) is 19.3. The standard InChI is InChI=1S/C12H8F5NO6/c1-2-23-11(20)8(15)10(19)4-3-5(24-12(16)17)6(13)7(14)9(4)18(21)22/h3,8,12H,2H2,1H3. The minimum absolute atomic E-state index is 0.0108. The lowest BCUT2D eigenvalue weighted by molar-refractivity contribution is -0.388. The Balaban J connectivity index is 3.48.